The van der Waals surface area contributed by atoms with E-state index in [9.17, 15) is 9.59 Å². The minimum absolute atomic E-state index is 0.0881. The summed E-state index contributed by atoms with van der Waals surface area (Å²) in [6, 6.07) is 21.2. The van der Waals surface area contributed by atoms with Crippen molar-refractivity contribution in [3.05, 3.63) is 83.4 Å². The summed E-state index contributed by atoms with van der Waals surface area (Å²) >= 11 is 0. The molecular weight excluding hydrogens is 348 g/mol. The molecule has 1 amide bonds. The Morgan fingerprint density at radius 2 is 1.61 bits per heavy atom. The Labute approximate surface area is 164 Å². The Hall–Kier alpha value is -3.40. The summed E-state index contributed by atoms with van der Waals surface area (Å²) < 4.78 is 0. The van der Waals surface area contributed by atoms with Gasteiger partial charge in [-0.15, -0.1) is 0 Å². The fraction of sp³-hybridized carbons (Fsp3) is 0.167. The van der Waals surface area contributed by atoms with Crippen LogP contribution >= 0.6 is 0 Å². The Morgan fingerprint density at radius 3 is 2.29 bits per heavy atom. The van der Waals surface area contributed by atoms with Gasteiger partial charge in [0.15, 0.2) is 5.78 Å². The molecule has 1 aliphatic rings. The van der Waals surface area contributed by atoms with Crippen LogP contribution in [0.3, 0.4) is 0 Å². The second-order valence-electron chi connectivity index (χ2n) is 7.20. The van der Waals surface area contributed by atoms with Crippen molar-refractivity contribution in [2.24, 2.45) is 0 Å². The lowest BCUT2D eigenvalue weighted by atomic mass is 9.95. The quantitative estimate of drug-likeness (QED) is 0.718. The molecule has 0 unspecified atom stereocenters. The number of hydrogen-bond donors (Lipinski definition) is 1. The molecule has 0 atom stereocenters. The fourth-order valence-electron chi connectivity index (χ4n) is 3.69. The number of rotatable bonds is 4. The number of amides is 1. The molecule has 4 nitrogen and oxygen atoms in total. The molecule has 0 saturated carbocycles. The van der Waals surface area contributed by atoms with E-state index >= 15 is 0 Å². The van der Waals surface area contributed by atoms with Gasteiger partial charge < -0.3 is 10.2 Å². The van der Waals surface area contributed by atoms with Gasteiger partial charge in [0.1, 0.15) is 0 Å². The SMILES string of the molecule is CN(C)c1ccc(-c2ccc(NC(=O)c3ccccc3)c3c2CCC3=O)cc1. The zero-order valence-electron chi connectivity index (χ0n) is 16.0. The molecule has 0 aromatic heterocycles. The molecule has 140 valence electrons. The minimum Gasteiger partial charge on any atom is -0.378 e. The summed E-state index contributed by atoms with van der Waals surface area (Å²) in [4.78, 5) is 27.2. The predicted molar refractivity (Wildman–Crippen MR) is 113 cm³/mol. The van der Waals surface area contributed by atoms with E-state index in [0.29, 0.717) is 29.7 Å². The molecular formula is C24H22N2O2. The number of ketones is 1. The Kier molecular flexibility index (Phi) is 4.70. The lowest BCUT2D eigenvalue weighted by molar-refractivity contribution is 0.0995. The summed E-state index contributed by atoms with van der Waals surface area (Å²) in [5.74, 6) is -0.115. The van der Waals surface area contributed by atoms with Crippen LogP contribution in [-0.4, -0.2) is 25.8 Å². The molecule has 0 aliphatic heterocycles. The van der Waals surface area contributed by atoms with Gasteiger partial charge >= 0.3 is 0 Å². The lowest BCUT2D eigenvalue weighted by Gasteiger charge is -2.16. The maximum Gasteiger partial charge on any atom is 0.255 e. The molecule has 0 spiro atoms. The van der Waals surface area contributed by atoms with Crippen LogP contribution < -0.4 is 10.2 Å². The molecule has 3 aromatic carbocycles. The van der Waals surface area contributed by atoms with Crippen molar-refractivity contribution in [2.45, 2.75) is 12.8 Å². The van der Waals surface area contributed by atoms with E-state index in [1.165, 1.54) is 0 Å². The van der Waals surface area contributed by atoms with Crippen LogP contribution in [0.2, 0.25) is 0 Å². The Morgan fingerprint density at radius 1 is 0.893 bits per heavy atom. The first-order valence-electron chi connectivity index (χ1n) is 9.38. The van der Waals surface area contributed by atoms with Gasteiger partial charge in [0.25, 0.3) is 5.91 Å². The number of benzene rings is 3. The summed E-state index contributed by atoms with van der Waals surface area (Å²) in [5, 5.41) is 2.93. The van der Waals surface area contributed by atoms with Crippen LogP contribution in [0.5, 0.6) is 0 Å². The molecule has 0 fully saturated rings. The zero-order valence-corrected chi connectivity index (χ0v) is 16.0. The smallest absolute Gasteiger partial charge is 0.255 e. The number of Topliss-reactive ketones (excluding diaryl/α,β-unsaturated/α-hetero) is 1. The van der Waals surface area contributed by atoms with Gasteiger partial charge in [-0.1, -0.05) is 36.4 Å². The van der Waals surface area contributed by atoms with Crippen molar-refractivity contribution >= 4 is 23.1 Å². The minimum atomic E-state index is -0.203. The first kappa shape index (κ1) is 18.0. The van der Waals surface area contributed by atoms with Gasteiger partial charge in [0.05, 0.1) is 5.69 Å². The predicted octanol–water partition coefficient (Wildman–Crippen LogP) is 4.80. The van der Waals surface area contributed by atoms with Crippen LogP contribution in [0.1, 0.15) is 32.7 Å². The monoisotopic (exact) mass is 370 g/mol. The third-order valence-electron chi connectivity index (χ3n) is 5.17. The molecule has 1 N–H and O–H groups in total. The fourth-order valence-corrected chi connectivity index (χ4v) is 3.69. The van der Waals surface area contributed by atoms with E-state index < -0.39 is 0 Å². The first-order valence-corrected chi connectivity index (χ1v) is 9.38. The number of carbonyl (C=O) groups is 2. The van der Waals surface area contributed by atoms with Crippen LogP contribution in [-0.2, 0) is 6.42 Å². The number of fused-ring (bicyclic) bond motifs is 1. The third-order valence-corrected chi connectivity index (χ3v) is 5.17. The van der Waals surface area contributed by atoms with Crippen molar-refractivity contribution < 1.29 is 9.59 Å². The second kappa shape index (κ2) is 7.31. The van der Waals surface area contributed by atoms with Crippen molar-refractivity contribution in [3.63, 3.8) is 0 Å². The molecule has 4 rings (SSSR count). The number of hydrogen-bond acceptors (Lipinski definition) is 3. The summed E-state index contributed by atoms with van der Waals surface area (Å²) in [6.45, 7) is 0. The first-order chi connectivity index (χ1) is 13.5. The highest BCUT2D eigenvalue weighted by Gasteiger charge is 2.27. The van der Waals surface area contributed by atoms with Crippen molar-refractivity contribution in [1.82, 2.24) is 0 Å². The van der Waals surface area contributed by atoms with E-state index in [-0.39, 0.29) is 11.7 Å². The molecule has 4 heteroatoms. The lowest BCUT2D eigenvalue weighted by Crippen LogP contribution is -2.14. The Balaban J connectivity index is 1.71. The van der Waals surface area contributed by atoms with Gasteiger partial charge in [0, 0.05) is 37.3 Å². The Bertz CT molecular complexity index is 1040. The standard InChI is InChI=1S/C24H22N2O2/c1-26(2)18-10-8-16(9-11-18)19-12-14-21(23-20(19)13-15-22(23)27)25-24(28)17-6-4-3-5-7-17/h3-12,14H,13,15H2,1-2H3,(H,25,28). The van der Waals surface area contributed by atoms with E-state index in [4.69, 9.17) is 0 Å². The number of carbonyl (C=O) groups excluding carboxylic acids is 2. The molecule has 0 radical (unpaired) electrons. The largest absolute Gasteiger partial charge is 0.378 e. The van der Waals surface area contributed by atoms with Gasteiger partial charge in [-0.05, 0) is 53.4 Å². The average Bonchev–Trinajstić information content (AvgIpc) is 3.11. The maximum absolute atomic E-state index is 12.6. The highest BCUT2D eigenvalue weighted by atomic mass is 16.1. The highest BCUT2D eigenvalue weighted by molar-refractivity contribution is 6.12. The summed E-state index contributed by atoms with van der Waals surface area (Å²) in [7, 11) is 4.02. The van der Waals surface area contributed by atoms with E-state index in [0.717, 1.165) is 22.4 Å². The molecule has 0 saturated heterocycles. The summed E-state index contributed by atoms with van der Waals surface area (Å²) in [5.41, 5.74) is 6.11. The van der Waals surface area contributed by atoms with Crippen LogP contribution in [0.25, 0.3) is 11.1 Å². The number of anilines is 2. The molecule has 1 aliphatic carbocycles. The topological polar surface area (TPSA) is 49.4 Å². The van der Waals surface area contributed by atoms with E-state index in [1.54, 1.807) is 12.1 Å². The van der Waals surface area contributed by atoms with Crippen molar-refractivity contribution in [1.29, 1.82) is 0 Å². The van der Waals surface area contributed by atoms with Crippen molar-refractivity contribution in [2.75, 3.05) is 24.3 Å². The molecule has 28 heavy (non-hydrogen) atoms. The molecule has 0 heterocycles. The second-order valence-corrected chi connectivity index (χ2v) is 7.20. The van der Waals surface area contributed by atoms with Gasteiger partial charge in [-0.2, -0.15) is 0 Å². The normalized spacial score (nSPS) is 12.6. The van der Waals surface area contributed by atoms with Crippen LogP contribution in [0, 0.1) is 0 Å². The van der Waals surface area contributed by atoms with Gasteiger partial charge in [0.2, 0.25) is 0 Å². The third kappa shape index (κ3) is 3.29. The zero-order chi connectivity index (χ0) is 19.7. The average molecular weight is 370 g/mol. The molecule has 3 aromatic rings. The van der Waals surface area contributed by atoms with Gasteiger partial charge in [-0.25, -0.2) is 0 Å². The number of nitrogens with one attached hydrogen (secondary N) is 1. The highest BCUT2D eigenvalue weighted by Crippen LogP contribution is 2.37. The van der Waals surface area contributed by atoms with Crippen molar-refractivity contribution in [3.8, 4) is 11.1 Å². The van der Waals surface area contributed by atoms with Gasteiger partial charge in [-0.3, -0.25) is 9.59 Å². The van der Waals surface area contributed by atoms with Crippen LogP contribution in [0.4, 0.5) is 11.4 Å². The summed E-state index contributed by atoms with van der Waals surface area (Å²) in [6.07, 6.45) is 1.18. The van der Waals surface area contributed by atoms with E-state index in [1.807, 2.05) is 44.4 Å². The molecule has 0 bridgehead atoms. The van der Waals surface area contributed by atoms with E-state index in [2.05, 4.69) is 34.5 Å². The maximum atomic E-state index is 12.6. The van der Waals surface area contributed by atoms with Crippen LogP contribution in [0.15, 0.2) is 66.7 Å². The number of nitrogens with zero attached hydrogens (tertiary/aromatic N) is 1.